The second-order valence-corrected chi connectivity index (χ2v) is 8.38. The fourth-order valence-corrected chi connectivity index (χ4v) is 4.47. The molecule has 0 saturated carbocycles. The predicted octanol–water partition coefficient (Wildman–Crippen LogP) is 4.27. The lowest BCUT2D eigenvalue weighted by Crippen LogP contribution is -2.57. The molecule has 0 aliphatic carbocycles. The number of carbonyl (C=O) groups is 1. The SMILES string of the molecule is CC(NC(=O)N(C)C1CCN(C)CC1(C)C)c1cccc2ccccc12. The van der Waals surface area contributed by atoms with E-state index < -0.39 is 0 Å². The molecule has 0 radical (unpaired) electrons. The Balaban J connectivity index is 1.74. The van der Waals surface area contributed by atoms with Crippen molar-refractivity contribution in [1.29, 1.82) is 0 Å². The van der Waals surface area contributed by atoms with Crippen molar-refractivity contribution < 1.29 is 4.79 Å². The molecular weight excluding hydrogens is 322 g/mol. The highest BCUT2D eigenvalue weighted by atomic mass is 16.2. The molecule has 2 aromatic rings. The zero-order valence-corrected chi connectivity index (χ0v) is 16.6. The Bertz CT molecular complexity index is 781. The Hall–Kier alpha value is -2.07. The number of fused-ring (bicyclic) bond motifs is 1. The van der Waals surface area contributed by atoms with E-state index >= 15 is 0 Å². The molecule has 2 unspecified atom stereocenters. The van der Waals surface area contributed by atoms with E-state index in [0.717, 1.165) is 25.1 Å². The van der Waals surface area contributed by atoms with Crippen LogP contribution in [0.15, 0.2) is 42.5 Å². The molecule has 0 bridgehead atoms. The molecule has 0 aromatic heterocycles. The molecule has 1 aliphatic rings. The van der Waals surface area contributed by atoms with Gasteiger partial charge in [0.2, 0.25) is 0 Å². The maximum Gasteiger partial charge on any atom is 0.317 e. The number of nitrogens with one attached hydrogen (secondary N) is 1. The Morgan fingerprint density at radius 1 is 1.23 bits per heavy atom. The van der Waals surface area contributed by atoms with Gasteiger partial charge in [0.1, 0.15) is 0 Å². The number of piperidine rings is 1. The van der Waals surface area contributed by atoms with Crippen LogP contribution < -0.4 is 5.32 Å². The van der Waals surface area contributed by atoms with E-state index in [1.54, 1.807) is 0 Å². The molecule has 2 atom stereocenters. The standard InChI is InChI=1S/C22H31N3O/c1-16(18-12-8-10-17-9-6-7-11-19(17)18)23-21(26)25(5)20-13-14-24(4)15-22(20,2)3/h6-12,16,20H,13-15H2,1-5H3,(H,23,26). The number of rotatable bonds is 3. The Kier molecular flexibility index (Phi) is 5.24. The summed E-state index contributed by atoms with van der Waals surface area (Å²) in [5.41, 5.74) is 1.24. The summed E-state index contributed by atoms with van der Waals surface area (Å²) in [6, 6.07) is 14.8. The normalized spacial score (nSPS) is 21.3. The lowest BCUT2D eigenvalue weighted by atomic mass is 9.78. The van der Waals surface area contributed by atoms with E-state index in [2.05, 4.69) is 68.4 Å². The summed E-state index contributed by atoms with van der Waals surface area (Å²) in [5, 5.41) is 5.61. The van der Waals surface area contributed by atoms with Crippen LogP contribution in [0.3, 0.4) is 0 Å². The van der Waals surface area contributed by atoms with Gasteiger partial charge in [-0.2, -0.15) is 0 Å². The fourth-order valence-electron chi connectivity index (χ4n) is 4.47. The molecule has 2 amide bonds. The van der Waals surface area contributed by atoms with E-state index in [-0.39, 0.29) is 23.5 Å². The first-order valence-corrected chi connectivity index (χ1v) is 9.49. The van der Waals surface area contributed by atoms with Gasteiger partial charge < -0.3 is 15.1 Å². The average molecular weight is 354 g/mol. The summed E-state index contributed by atoms with van der Waals surface area (Å²) in [6.07, 6.45) is 1.01. The quantitative estimate of drug-likeness (QED) is 0.894. The molecule has 1 fully saturated rings. The van der Waals surface area contributed by atoms with Crippen molar-refractivity contribution in [3.63, 3.8) is 0 Å². The van der Waals surface area contributed by atoms with E-state index in [1.807, 2.05) is 24.1 Å². The Labute approximate surface area is 157 Å². The molecule has 2 aromatic carbocycles. The van der Waals surface area contributed by atoms with Gasteiger partial charge >= 0.3 is 6.03 Å². The van der Waals surface area contributed by atoms with Crippen molar-refractivity contribution in [1.82, 2.24) is 15.1 Å². The molecular formula is C22H31N3O. The summed E-state index contributed by atoms with van der Waals surface area (Å²) in [4.78, 5) is 17.2. The minimum atomic E-state index is -0.0366. The zero-order valence-electron chi connectivity index (χ0n) is 16.6. The average Bonchev–Trinajstić information content (AvgIpc) is 2.59. The number of hydrogen-bond acceptors (Lipinski definition) is 2. The van der Waals surface area contributed by atoms with Crippen molar-refractivity contribution in [2.45, 2.75) is 39.3 Å². The first-order valence-electron chi connectivity index (χ1n) is 9.49. The Morgan fingerprint density at radius 3 is 2.65 bits per heavy atom. The lowest BCUT2D eigenvalue weighted by molar-refractivity contribution is 0.0446. The van der Waals surface area contributed by atoms with Crippen LogP contribution >= 0.6 is 0 Å². The lowest BCUT2D eigenvalue weighted by Gasteiger charge is -2.47. The maximum atomic E-state index is 12.9. The summed E-state index contributed by atoms with van der Waals surface area (Å²) < 4.78 is 0. The number of hydrogen-bond donors (Lipinski definition) is 1. The number of urea groups is 1. The van der Waals surface area contributed by atoms with Crippen LogP contribution in [-0.2, 0) is 0 Å². The van der Waals surface area contributed by atoms with Gasteiger partial charge in [-0.25, -0.2) is 4.79 Å². The van der Waals surface area contributed by atoms with Crippen LogP contribution in [0, 0.1) is 5.41 Å². The molecule has 1 saturated heterocycles. The van der Waals surface area contributed by atoms with Crippen molar-refractivity contribution in [2.24, 2.45) is 5.41 Å². The molecule has 4 nitrogen and oxygen atoms in total. The van der Waals surface area contributed by atoms with Crippen LogP contribution in [0.5, 0.6) is 0 Å². The first-order chi connectivity index (χ1) is 12.3. The van der Waals surface area contributed by atoms with E-state index in [1.165, 1.54) is 10.8 Å². The van der Waals surface area contributed by atoms with Crippen molar-refractivity contribution >= 4 is 16.8 Å². The van der Waals surface area contributed by atoms with Gasteiger partial charge in [0.15, 0.2) is 0 Å². The minimum Gasteiger partial charge on any atom is -0.331 e. The van der Waals surface area contributed by atoms with Gasteiger partial charge in [0.25, 0.3) is 0 Å². The van der Waals surface area contributed by atoms with Crippen molar-refractivity contribution in [3.05, 3.63) is 48.0 Å². The predicted molar refractivity (Wildman–Crippen MR) is 108 cm³/mol. The van der Waals surface area contributed by atoms with Crippen molar-refractivity contribution in [2.75, 3.05) is 27.2 Å². The molecule has 140 valence electrons. The third-order valence-electron chi connectivity index (χ3n) is 5.78. The van der Waals surface area contributed by atoms with Gasteiger partial charge in [0, 0.05) is 19.6 Å². The highest BCUT2D eigenvalue weighted by molar-refractivity contribution is 5.86. The minimum absolute atomic E-state index is 0.00747. The van der Waals surface area contributed by atoms with Crippen LogP contribution in [0.4, 0.5) is 4.79 Å². The highest BCUT2D eigenvalue weighted by Gasteiger charge is 2.38. The van der Waals surface area contributed by atoms with Gasteiger partial charge in [-0.05, 0) is 48.7 Å². The van der Waals surface area contributed by atoms with Gasteiger partial charge in [0.05, 0.1) is 6.04 Å². The molecule has 1 aliphatic heterocycles. The van der Waals surface area contributed by atoms with E-state index in [4.69, 9.17) is 0 Å². The number of likely N-dealkylation sites (tertiary alicyclic amines) is 1. The van der Waals surface area contributed by atoms with E-state index in [9.17, 15) is 4.79 Å². The van der Waals surface area contributed by atoms with Crippen LogP contribution in [0.2, 0.25) is 0 Å². The van der Waals surface area contributed by atoms with E-state index in [0.29, 0.717) is 0 Å². The zero-order chi connectivity index (χ0) is 18.9. The number of benzene rings is 2. The third kappa shape index (κ3) is 3.70. The van der Waals surface area contributed by atoms with Crippen LogP contribution in [-0.4, -0.2) is 49.1 Å². The van der Waals surface area contributed by atoms with Gasteiger partial charge in [-0.3, -0.25) is 0 Å². The molecule has 1 heterocycles. The van der Waals surface area contributed by atoms with Gasteiger partial charge in [-0.1, -0.05) is 56.3 Å². The smallest absolute Gasteiger partial charge is 0.317 e. The second kappa shape index (κ2) is 7.28. The summed E-state index contributed by atoms with van der Waals surface area (Å²) in [6.45, 7) is 8.61. The Morgan fingerprint density at radius 2 is 1.92 bits per heavy atom. The van der Waals surface area contributed by atoms with Crippen LogP contribution in [0.25, 0.3) is 10.8 Å². The van der Waals surface area contributed by atoms with Gasteiger partial charge in [-0.15, -0.1) is 0 Å². The summed E-state index contributed by atoms with van der Waals surface area (Å²) in [5.74, 6) is 0. The molecule has 3 rings (SSSR count). The topological polar surface area (TPSA) is 35.6 Å². The summed E-state index contributed by atoms with van der Waals surface area (Å²) in [7, 11) is 4.09. The molecule has 0 spiro atoms. The van der Waals surface area contributed by atoms with Crippen molar-refractivity contribution in [3.8, 4) is 0 Å². The summed E-state index contributed by atoms with van der Waals surface area (Å²) >= 11 is 0. The fraction of sp³-hybridized carbons (Fsp3) is 0.500. The van der Waals surface area contributed by atoms with Crippen LogP contribution in [0.1, 0.15) is 38.8 Å². The molecule has 26 heavy (non-hydrogen) atoms. The first kappa shape index (κ1) is 18.7. The number of amides is 2. The second-order valence-electron chi connectivity index (χ2n) is 8.38. The largest absolute Gasteiger partial charge is 0.331 e. The monoisotopic (exact) mass is 353 g/mol. The third-order valence-corrected chi connectivity index (χ3v) is 5.78. The number of nitrogens with zero attached hydrogens (tertiary/aromatic N) is 2. The number of carbonyl (C=O) groups excluding carboxylic acids is 1. The maximum absolute atomic E-state index is 12.9. The molecule has 1 N–H and O–H groups in total. The molecule has 4 heteroatoms. The highest BCUT2D eigenvalue weighted by Crippen LogP contribution is 2.32.